The van der Waals surface area contributed by atoms with Crippen LogP contribution in [0.2, 0.25) is 0 Å². The fourth-order valence-electron chi connectivity index (χ4n) is 1.62. The molecule has 0 saturated heterocycles. The van der Waals surface area contributed by atoms with Crippen LogP contribution >= 0.6 is 23.1 Å². The predicted molar refractivity (Wildman–Crippen MR) is 77.0 cm³/mol. The molecule has 0 aliphatic rings. The highest BCUT2D eigenvalue weighted by Gasteiger charge is 2.16. The Morgan fingerprint density at radius 2 is 2.16 bits per heavy atom. The molecule has 0 aliphatic carbocycles. The Morgan fingerprint density at radius 1 is 1.42 bits per heavy atom. The van der Waals surface area contributed by atoms with Crippen molar-refractivity contribution in [1.29, 1.82) is 0 Å². The summed E-state index contributed by atoms with van der Waals surface area (Å²) in [6, 6.07) is 11.3. The van der Waals surface area contributed by atoms with Crippen LogP contribution in [0.5, 0.6) is 5.88 Å². The molecule has 2 aromatic rings. The minimum Gasteiger partial charge on any atom is -0.480 e. The van der Waals surface area contributed by atoms with E-state index in [1.165, 1.54) is 11.5 Å². The number of benzene rings is 1. The number of anilines is 1. The van der Waals surface area contributed by atoms with Crippen LogP contribution in [0.4, 0.5) is 5.69 Å². The zero-order chi connectivity index (χ0) is 13.7. The van der Waals surface area contributed by atoms with E-state index in [9.17, 15) is 4.79 Å². The minimum absolute atomic E-state index is 0.0508. The van der Waals surface area contributed by atoms with Crippen LogP contribution in [0, 0.1) is 0 Å². The van der Waals surface area contributed by atoms with Crippen molar-refractivity contribution in [2.75, 3.05) is 17.9 Å². The van der Waals surface area contributed by atoms with Crippen LogP contribution in [0.1, 0.15) is 4.88 Å². The Kier molecular flexibility index (Phi) is 4.76. The number of aromatic nitrogens is 1. The number of hydrogen-bond acceptors (Lipinski definition) is 4. The summed E-state index contributed by atoms with van der Waals surface area (Å²) in [4.78, 5) is 14.5. The average molecular weight is 297 g/mol. The number of hydrogen-bond donors (Lipinski definition) is 0. The lowest BCUT2D eigenvalue weighted by Gasteiger charge is -2.20. The number of alkyl halides is 1. The number of rotatable bonds is 5. The number of carbonyl (C=O) groups is 1. The summed E-state index contributed by atoms with van der Waals surface area (Å²) >= 11 is 6.98. The van der Waals surface area contributed by atoms with Gasteiger partial charge in [0.1, 0.15) is 5.88 Å². The van der Waals surface area contributed by atoms with Crippen molar-refractivity contribution < 1.29 is 9.53 Å². The molecule has 6 heteroatoms. The van der Waals surface area contributed by atoms with Gasteiger partial charge in [0.25, 0.3) is 0 Å². The molecule has 0 bridgehead atoms. The third-order valence-corrected chi connectivity index (χ3v) is 3.52. The molecule has 1 aromatic heterocycles. The SMILES string of the molecule is COc1cc(CN(C(=O)CCl)c2ccccc2)sn1. The molecular formula is C13H13ClN2O2S. The molecule has 4 nitrogen and oxygen atoms in total. The molecule has 0 unspecified atom stereocenters. The number of nitrogens with zero attached hydrogens (tertiary/aromatic N) is 2. The Balaban J connectivity index is 2.21. The van der Waals surface area contributed by atoms with Crippen molar-refractivity contribution in [3.8, 4) is 5.88 Å². The zero-order valence-electron chi connectivity index (χ0n) is 10.4. The van der Waals surface area contributed by atoms with E-state index in [0.29, 0.717) is 12.4 Å². The maximum atomic E-state index is 11.9. The van der Waals surface area contributed by atoms with Gasteiger partial charge in [-0.3, -0.25) is 4.79 Å². The smallest absolute Gasteiger partial charge is 0.242 e. The van der Waals surface area contributed by atoms with Crippen molar-refractivity contribution in [3.63, 3.8) is 0 Å². The van der Waals surface area contributed by atoms with E-state index in [1.54, 1.807) is 12.0 Å². The first kappa shape index (κ1) is 13.8. The summed E-state index contributed by atoms with van der Waals surface area (Å²) in [5.74, 6) is 0.372. The molecule has 0 spiro atoms. The topological polar surface area (TPSA) is 42.4 Å². The van der Waals surface area contributed by atoms with E-state index in [2.05, 4.69) is 4.37 Å². The molecule has 1 amide bonds. The van der Waals surface area contributed by atoms with Crippen molar-refractivity contribution in [2.24, 2.45) is 0 Å². The quantitative estimate of drug-likeness (QED) is 0.797. The maximum Gasteiger partial charge on any atom is 0.242 e. The highest BCUT2D eigenvalue weighted by molar-refractivity contribution is 7.05. The predicted octanol–water partition coefficient (Wildman–Crippen LogP) is 2.92. The molecular weight excluding hydrogens is 284 g/mol. The first-order valence-electron chi connectivity index (χ1n) is 5.65. The van der Waals surface area contributed by atoms with Gasteiger partial charge < -0.3 is 9.64 Å². The van der Waals surface area contributed by atoms with E-state index < -0.39 is 0 Å². The van der Waals surface area contributed by atoms with E-state index >= 15 is 0 Å². The van der Waals surface area contributed by atoms with Gasteiger partial charge in [0.05, 0.1) is 13.7 Å². The van der Waals surface area contributed by atoms with Crippen LogP contribution in [0.25, 0.3) is 0 Å². The zero-order valence-corrected chi connectivity index (χ0v) is 11.9. The lowest BCUT2D eigenvalue weighted by atomic mass is 10.2. The van der Waals surface area contributed by atoms with Crippen molar-refractivity contribution in [1.82, 2.24) is 4.37 Å². The average Bonchev–Trinajstić information content (AvgIpc) is 2.92. The second-order valence-electron chi connectivity index (χ2n) is 3.78. The maximum absolute atomic E-state index is 11.9. The molecule has 1 aromatic carbocycles. The molecule has 0 aliphatic heterocycles. The largest absolute Gasteiger partial charge is 0.480 e. The molecule has 1 heterocycles. The van der Waals surface area contributed by atoms with Gasteiger partial charge in [0.2, 0.25) is 11.8 Å². The first-order valence-corrected chi connectivity index (χ1v) is 6.96. The van der Waals surface area contributed by atoms with E-state index in [1.807, 2.05) is 36.4 Å². The second-order valence-corrected chi connectivity index (χ2v) is 4.94. The number of ether oxygens (including phenoxy) is 1. The molecule has 2 rings (SSSR count). The van der Waals surface area contributed by atoms with Gasteiger partial charge in [-0.1, -0.05) is 18.2 Å². The van der Waals surface area contributed by atoms with Gasteiger partial charge in [-0.15, -0.1) is 11.6 Å². The van der Waals surface area contributed by atoms with Crippen LogP contribution < -0.4 is 9.64 Å². The van der Waals surface area contributed by atoms with Gasteiger partial charge in [-0.05, 0) is 23.7 Å². The van der Waals surface area contributed by atoms with Crippen LogP contribution in [-0.2, 0) is 11.3 Å². The van der Waals surface area contributed by atoms with Crippen LogP contribution in [0.15, 0.2) is 36.4 Å². The fraction of sp³-hybridized carbons (Fsp3) is 0.231. The second kappa shape index (κ2) is 6.54. The van der Waals surface area contributed by atoms with Crippen molar-refractivity contribution in [2.45, 2.75) is 6.54 Å². The lowest BCUT2D eigenvalue weighted by molar-refractivity contribution is -0.116. The van der Waals surface area contributed by atoms with Gasteiger partial charge >= 0.3 is 0 Å². The third-order valence-electron chi connectivity index (χ3n) is 2.54. The number of methoxy groups -OCH3 is 1. The lowest BCUT2D eigenvalue weighted by Crippen LogP contribution is -2.30. The number of carbonyl (C=O) groups excluding carboxylic acids is 1. The van der Waals surface area contributed by atoms with Gasteiger partial charge in [-0.2, -0.15) is 4.37 Å². The van der Waals surface area contributed by atoms with E-state index in [4.69, 9.17) is 16.3 Å². The summed E-state index contributed by atoms with van der Waals surface area (Å²) in [6.45, 7) is 0.441. The normalized spacial score (nSPS) is 10.2. The molecule has 0 atom stereocenters. The number of para-hydroxylation sites is 1. The molecule has 19 heavy (non-hydrogen) atoms. The molecule has 0 saturated carbocycles. The molecule has 0 fully saturated rings. The van der Waals surface area contributed by atoms with E-state index in [-0.39, 0.29) is 11.8 Å². The Hall–Kier alpha value is -1.59. The minimum atomic E-state index is -0.139. The van der Waals surface area contributed by atoms with Gasteiger partial charge in [-0.25, -0.2) is 0 Å². The van der Waals surface area contributed by atoms with Gasteiger partial charge in [0, 0.05) is 16.6 Å². The number of halogens is 1. The van der Waals surface area contributed by atoms with E-state index in [0.717, 1.165) is 10.6 Å². The Bertz CT molecular complexity index is 545. The van der Waals surface area contributed by atoms with Crippen LogP contribution in [-0.4, -0.2) is 23.3 Å². The highest BCUT2D eigenvalue weighted by Crippen LogP contribution is 2.22. The molecule has 100 valence electrons. The third kappa shape index (κ3) is 3.45. The van der Waals surface area contributed by atoms with Crippen LogP contribution in [0.3, 0.4) is 0 Å². The fourth-order valence-corrected chi connectivity index (χ4v) is 2.44. The first-order chi connectivity index (χ1) is 9.24. The summed E-state index contributed by atoms with van der Waals surface area (Å²) in [7, 11) is 1.57. The van der Waals surface area contributed by atoms with Gasteiger partial charge in [0.15, 0.2) is 0 Å². The Labute approximate surface area is 120 Å². The summed E-state index contributed by atoms with van der Waals surface area (Å²) in [5.41, 5.74) is 0.820. The summed E-state index contributed by atoms with van der Waals surface area (Å²) in [5, 5.41) is 0. The summed E-state index contributed by atoms with van der Waals surface area (Å²) < 4.78 is 9.15. The molecule has 0 radical (unpaired) electrons. The summed E-state index contributed by atoms with van der Waals surface area (Å²) in [6.07, 6.45) is 0. The monoisotopic (exact) mass is 296 g/mol. The van der Waals surface area contributed by atoms with Crippen molar-refractivity contribution in [3.05, 3.63) is 41.3 Å². The molecule has 0 N–H and O–H groups in total. The Morgan fingerprint density at radius 3 is 2.74 bits per heavy atom. The highest BCUT2D eigenvalue weighted by atomic mass is 35.5. The number of amides is 1. The van der Waals surface area contributed by atoms with Crippen molar-refractivity contribution >= 4 is 34.7 Å². The standard InChI is InChI=1S/C13H13ClN2O2S/c1-18-12-7-11(19-15-12)9-16(13(17)8-14)10-5-3-2-4-6-10/h2-7H,8-9H2,1H3.